The Labute approximate surface area is 114 Å². The van der Waals surface area contributed by atoms with Crippen LogP contribution in [0.1, 0.15) is 39.5 Å². The second-order valence-corrected chi connectivity index (χ2v) is 4.83. The molecule has 4 nitrogen and oxygen atoms in total. The molecule has 0 bridgehead atoms. The van der Waals surface area contributed by atoms with Crippen molar-refractivity contribution in [2.45, 2.75) is 45.6 Å². The van der Waals surface area contributed by atoms with Gasteiger partial charge >= 0.3 is 0 Å². The van der Waals surface area contributed by atoms with Gasteiger partial charge < -0.3 is 9.47 Å². The number of aromatic nitrogens is 2. The lowest BCUT2D eigenvalue weighted by atomic mass is 9.88. The van der Waals surface area contributed by atoms with Crippen LogP contribution in [0.2, 0.25) is 0 Å². The van der Waals surface area contributed by atoms with Gasteiger partial charge in [0.25, 0.3) is 0 Å². The molecule has 1 aromatic heterocycles. The summed E-state index contributed by atoms with van der Waals surface area (Å²) in [6.07, 6.45) is 6.59. The number of hydrogen-bond acceptors (Lipinski definition) is 4. The summed E-state index contributed by atoms with van der Waals surface area (Å²) in [4.78, 5) is 8.19. The van der Waals surface area contributed by atoms with Crippen molar-refractivity contribution in [1.29, 1.82) is 0 Å². The van der Waals surface area contributed by atoms with Crippen molar-refractivity contribution in [3.8, 4) is 23.6 Å². The maximum Gasteiger partial charge on any atom is 0.221 e. The third-order valence-corrected chi connectivity index (χ3v) is 3.39. The molecule has 0 spiro atoms. The van der Waals surface area contributed by atoms with Crippen molar-refractivity contribution in [2.75, 3.05) is 6.61 Å². The monoisotopic (exact) mass is 260 g/mol. The average molecular weight is 260 g/mol. The minimum atomic E-state index is 0.256. The highest BCUT2D eigenvalue weighted by Crippen LogP contribution is 2.27. The van der Waals surface area contributed by atoms with Gasteiger partial charge in [0.2, 0.25) is 11.8 Å². The predicted molar refractivity (Wildman–Crippen MR) is 73.0 cm³/mol. The first-order chi connectivity index (χ1) is 9.29. The Morgan fingerprint density at radius 2 is 2.05 bits per heavy atom. The molecule has 0 amide bonds. The molecule has 4 heteroatoms. The molecule has 1 saturated carbocycles. The number of rotatable bonds is 4. The maximum atomic E-state index is 5.95. The third-order valence-electron chi connectivity index (χ3n) is 3.39. The maximum absolute atomic E-state index is 5.95. The highest BCUT2D eigenvalue weighted by molar-refractivity contribution is 5.19. The van der Waals surface area contributed by atoms with E-state index < -0.39 is 0 Å². The number of hydrogen-bond donors (Lipinski definition) is 0. The van der Waals surface area contributed by atoms with E-state index in [4.69, 9.17) is 9.47 Å². The quantitative estimate of drug-likeness (QED) is 0.781. The van der Waals surface area contributed by atoms with Crippen molar-refractivity contribution in [3.63, 3.8) is 0 Å². The van der Waals surface area contributed by atoms with E-state index in [1.54, 1.807) is 13.0 Å². The van der Waals surface area contributed by atoms with E-state index in [1.807, 2.05) is 0 Å². The molecule has 2 atom stereocenters. The second-order valence-electron chi connectivity index (χ2n) is 4.83. The van der Waals surface area contributed by atoms with Gasteiger partial charge in [-0.3, -0.25) is 0 Å². The zero-order valence-electron chi connectivity index (χ0n) is 11.6. The first-order valence-corrected chi connectivity index (χ1v) is 6.80. The fraction of sp³-hybridized carbons (Fsp3) is 0.600. The highest BCUT2D eigenvalue weighted by atomic mass is 16.5. The van der Waals surface area contributed by atoms with Crippen molar-refractivity contribution in [2.24, 2.45) is 5.92 Å². The van der Waals surface area contributed by atoms with Crippen LogP contribution in [-0.4, -0.2) is 22.7 Å². The topological polar surface area (TPSA) is 44.2 Å². The molecule has 19 heavy (non-hydrogen) atoms. The fourth-order valence-corrected chi connectivity index (χ4v) is 2.26. The lowest BCUT2D eigenvalue weighted by molar-refractivity contribution is 0.0969. The Hall–Kier alpha value is -1.76. The Bertz CT molecular complexity index is 465. The van der Waals surface area contributed by atoms with Crippen LogP contribution in [0.5, 0.6) is 11.8 Å². The van der Waals surface area contributed by atoms with Crippen LogP contribution in [0.3, 0.4) is 0 Å². The second kappa shape index (κ2) is 6.98. The van der Waals surface area contributed by atoms with Crippen molar-refractivity contribution in [1.82, 2.24) is 9.97 Å². The summed E-state index contributed by atoms with van der Waals surface area (Å²) in [7, 11) is 0. The summed E-state index contributed by atoms with van der Waals surface area (Å²) in [6, 6.07) is 1.73. The van der Waals surface area contributed by atoms with Crippen molar-refractivity contribution >= 4 is 0 Å². The molecule has 1 heterocycles. The zero-order valence-corrected chi connectivity index (χ0v) is 11.6. The molecule has 2 unspecified atom stereocenters. The summed E-state index contributed by atoms with van der Waals surface area (Å²) in [5, 5.41) is 0. The van der Waals surface area contributed by atoms with Crippen LogP contribution in [0, 0.1) is 17.8 Å². The van der Waals surface area contributed by atoms with Gasteiger partial charge in [0.15, 0.2) is 6.61 Å². The van der Waals surface area contributed by atoms with E-state index in [0.717, 1.165) is 6.42 Å². The summed E-state index contributed by atoms with van der Waals surface area (Å²) < 4.78 is 11.3. The van der Waals surface area contributed by atoms with Gasteiger partial charge in [-0.25, -0.2) is 9.97 Å². The first kappa shape index (κ1) is 13.7. The van der Waals surface area contributed by atoms with E-state index in [1.165, 1.54) is 25.6 Å². The van der Waals surface area contributed by atoms with Gasteiger partial charge in [-0.2, -0.15) is 0 Å². The Morgan fingerprint density at radius 1 is 1.26 bits per heavy atom. The van der Waals surface area contributed by atoms with Crippen LogP contribution < -0.4 is 9.47 Å². The van der Waals surface area contributed by atoms with E-state index in [0.29, 0.717) is 24.3 Å². The van der Waals surface area contributed by atoms with Gasteiger partial charge in [-0.15, -0.1) is 5.92 Å². The minimum Gasteiger partial charge on any atom is -0.474 e. The van der Waals surface area contributed by atoms with Gasteiger partial charge in [-0.05, 0) is 32.1 Å². The van der Waals surface area contributed by atoms with Gasteiger partial charge in [0.1, 0.15) is 12.4 Å². The molecule has 102 valence electrons. The molecule has 1 aliphatic rings. The molecule has 0 radical (unpaired) electrons. The minimum absolute atomic E-state index is 0.256. The molecule has 0 saturated heterocycles. The van der Waals surface area contributed by atoms with Gasteiger partial charge in [0.05, 0.1) is 6.07 Å². The highest BCUT2D eigenvalue weighted by Gasteiger charge is 2.23. The molecule has 2 rings (SSSR count). The van der Waals surface area contributed by atoms with E-state index in [9.17, 15) is 0 Å². The molecule has 0 aromatic carbocycles. The molecular weight excluding hydrogens is 240 g/mol. The van der Waals surface area contributed by atoms with Crippen LogP contribution in [-0.2, 0) is 0 Å². The third kappa shape index (κ3) is 4.13. The summed E-state index contributed by atoms with van der Waals surface area (Å²) in [6.45, 7) is 4.36. The Morgan fingerprint density at radius 3 is 2.84 bits per heavy atom. The number of nitrogens with zero attached hydrogens (tertiary/aromatic N) is 2. The molecular formula is C15H20N2O2. The van der Waals surface area contributed by atoms with Crippen LogP contribution in [0.15, 0.2) is 12.4 Å². The average Bonchev–Trinajstić information content (AvgIpc) is 2.42. The smallest absolute Gasteiger partial charge is 0.221 e. The van der Waals surface area contributed by atoms with Crippen LogP contribution in [0.4, 0.5) is 0 Å². The molecule has 1 fully saturated rings. The fourth-order valence-electron chi connectivity index (χ4n) is 2.26. The van der Waals surface area contributed by atoms with E-state index in [2.05, 4.69) is 28.7 Å². The molecule has 1 aliphatic carbocycles. The Kier molecular flexibility index (Phi) is 5.02. The summed E-state index contributed by atoms with van der Waals surface area (Å²) >= 11 is 0. The van der Waals surface area contributed by atoms with Crippen LogP contribution >= 0.6 is 0 Å². The SMILES string of the molecule is CC#CCOc1cc(OC2CCCCC2C)ncn1. The first-order valence-electron chi connectivity index (χ1n) is 6.80. The lowest BCUT2D eigenvalue weighted by Crippen LogP contribution is -2.28. The van der Waals surface area contributed by atoms with Gasteiger partial charge in [-0.1, -0.05) is 19.3 Å². The van der Waals surface area contributed by atoms with Crippen molar-refractivity contribution in [3.05, 3.63) is 12.4 Å². The molecule has 0 N–H and O–H groups in total. The summed E-state index contributed by atoms with van der Waals surface area (Å²) in [5.74, 6) is 7.29. The van der Waals surface area contributed by atoms with Crippen molar-refractivity contribution < 1.29 is 9.47 Å². The normalized spacial score (nSPS) is 22.2. The van der Waals surface area contributed by atoms with Gasteiger partial charge in [0, 0.05) is 0 Å². The van der Waals surface area contributed by atoms with Crippen LogP contribution in [0.25, 0.3) is 0 Å². The van der Waals surface area contributed by atoms with E-state index in [-0.39, 0.29) is 6.10 Å². The predicted octanol–water partition coefficient (Wildman–Crippen LogP) is 2.84. The lowest BCUT2D eigenvalue weighted by Gasteiger charge is -2.28. The standard InChI is InChI=1S/C15H20N2O2/c1-3-4-9-18-14-10-15(17-11-16-14)19-13-8-6-5-7-12(13)2/h10-13H,5-9H2,1-2H3. The largest absolute Gasteiger partial charge is 0.474 e. The number of ether oxygens (including phenoxy) is 2. The molecule has 0 aliphatic heterocycles. The van der Waals surface area contributed by atoms with E-state index >= 15 is 0 Å². The Balaban J connectivity index is 1.95. The zero-order chi connectivity index (χ0) is 13.5. The summed E-state index contributed by atoms with van der Waals surface area (Å²) in [5.41, 5.74) is 0. The molecule has 1 aromatic rings.